The van der Waals surface area contributed by atoms with Crippen LogP contribution in [0.1, 0.15) is 58.8 Å². The van der Waals surface area contributed by atoms with E-state index in [1.807, 2.05) is 0 Å². The van der Waals surface area contributed by atoms with Gasteiger partial charge in [0.25, 0.3) is 0 Å². The fourth-order valence-corrected chi connectivity index (χ4v) is 2.57. The molecule has 0 bridgehead atoms. The molecule has 0 heterocycles. The zero-order valence-corrected chi connectivity index (χ0v) is 12.6. The summed E-state index contributed by atoms with van der Waals surface area (Å²) in [5.74, 6) is 0.0731. The minimum Gasteiger partial charge on any atom is -0.480 e. The van der Waals surface area contributed by atoms with Crippen LogP contribution >= 0.6 is 0 Å². The van der Waals surface area contributed by atoms with Crippen molar-refractivity contribution in [2.75, 3.05) is 13.7 Å². The minimum absolute atomic E-state index is 0.436. The maximum Gasteiger partial charge on any atom is 0.323 e. The van der Waals surface area contributed by atoms with Crippen molar-refractivity contribution in [1.29, 1.82) is 0 Å². The summed E-state index contributed by atoms with van der Waals surface area (Å²) in [6.45, 7) is 4.80. The van der Waals surface area contributed by atoms with Crippen molar-refractivity contribution in [3.8, 4) is 0 Å². The molecular weight excluding hydrogens is 242 g/mol. The largest absolute Gasteiger partial charge is 0.480 e. The summed E-state index contributed by atoms with van der Waals surface area (Å²) in [6.07, 6.45) is 7.83. The molecule has 1 aliphatic carbocycles. The molecule has 112 valence electrons. The number of unbranched alkanes of at least 4 members (excludes halogenated alkanes) is 1. The van der Waals surface area contributed by atoms with Crippen molar-refractivity contribution in [3.05, 3.63) is 0 Å². The van der Waals surface area contributed by atoms with E-state index in [-0.39, 0.29) is 0 Å². The van der Waals surface area contributed by atoms with Crippen molar-refractivity contribution in [2.45, 2.75) is 70.4 Å². The second kappa shape index (κ2) is 7.85. The molecule has 0 aliphatic heterocycles. The lowest BCUT2D eigenvalue weighted by Gasteiger charge is -2.27. The lowest BCUT2D eigenvalue weighted by Crippen LogP contribution is -2.47. The number of aliphatic carboxylic acids is 1. The number of carboxylic acid groups (broad SMARTS) is 1. The molecule has 1 fully saturated rings. The third-order valence-corrected chi connectivity index (χ3v) is 4.41. The fraction of sp³-hybridized carbons (Fsp3) is 0.933. The molecule has 0 aromatic carbocycles. The van der Waals surface area contributed by atoms with Gasteiger partial charge in [-0.1, -0.05) is 6.92 Å². The highest BCUT2D eigenvalue weighted by atomic mass is 16.5. The molecule has 1 rings (SSSR count). The predicted octanol–water partition coefficient (Wildman–Crippen LogP) is 2.81. The topological polar surface area (TPSA) is 58.6 Å². The van der Waals surface area contributed by atoms with Crippen LogP contribution in [-0.2, 0) is 9.53 Å². The highest BCUT2D eigenvalue weighted by Crippen LogP contribution is 2.25. The van der Waals surface area contributed by atoms with E-state index < -0.39 is 11.5 Å². The number of rotatable bonds is 8. The van der Waals surface area contributed by atoms with Crippen LogP contribution < -0.4 is 5.32 Å². The van der Waals surface area contributed by atoms with Gasteiger partial charge in [0.1, 0.15) is 5.54 Å². The molecule has 0 aromatic rings. The molecule has 0 aromatic heterocycles. The van der Waals surface area contributed by atoms with E-state index in [2.05, 4.69) is 12.2 Å². The predicted molar refractivity (Wildman–Crippen MR) is 76.3 cm³/mol. The Morgan fingerprint density at radius 1 is 1.32 bits per heavy atom. The fourth-order valence-electron chi connectivity index (χ4n) is 2.57. The Morgan fingerprint density at radius 3 is 2.47 bits per heavy atom. The monoisotopic (exact) mass is 271 g/mol. The van der Waals surface area contributed by atoms with Gasteiger partial charge in [0.2, 0.25) is 0 Å². The van der Waals surface area contributed by atoms with E-state index in [1.165, 1.54) is 25.7 Å². The zero-order valence-electron chi connectivity index (χ0n) is 12.6. The Morgan fingerprint density at radius 2 is 1.95 bits per heavy atom. The molecule has 1 saturated carbocycles. The molecule has 0 spiro atoms. The van der Waals surface area contributed by atoms with Crippen LogP contribution in [0.15, 0.2) is 0 Å². The first kappa shape index (κ1) is 16.4. The van der Waals surface area contributed by atoms with Crippen molar-refractivity contribution >= 4 is 5.97 Å². The van der Waals surface area contributed by atoms with Gasteiger partial charge in [-0.25, -0.2) is 0 Å². The molecule has 0 saturated heterocycles. The van der Waals surface area contributed by atoms with Gasteiger partial charge in [0.15, 0.2) is 0 Å². The maximum absolute atomic E-state index is 11.1. The summed E-state index contributed by atoms with van der Waals surface area (Å²) in [5.41, 5.74) is -0.805. The standard InChI is InChI=1S/C15H29NO3/c1-12-6-8-13(9-7-12)19-11-5-4-10-15(2,16-3)14(17)18/h12-13,16H,4-11H2,1-3H3,(H,17,18). The summed E-state index contributed by atoms with van der Waals surface area (Å²) in [6, 6.07) is 0. The number of likely N-dealkylation sites (N-methyl/N-ethyl adjacent to an activating group) is 1. The lowest BCUT2D eigenvalue weighted by molar-refractivity contribution is -0.144. The summed E-state index contributed by atoms with van der Waals surface area (Å²) >= 11 is 0. The highest BCUT2D eigenvalue weighted by Gasteiger charge is 2.30. The molecule has 1 aliphatic rings. The van der Waals surface area contributed by atoms with Crippen LogP contribution in [0.3, 0.4) is 0 Å². The van der Waals surface area contributed by atoms with Crippen molar-refractivity contribution < 1.29 is 14.6 Å². The number of hydrogen-bond acceptors (Lipinski definition) is 3. The molecule has 1 atom stereocenters. The quantitative estimate of drug-likeness (QED) is 0.666. The second-order valence-corrected chi connectivity index (χ2v) is 6.10. The van der Waals surface area contributed by atoms with E-state index in [0.29, 0.717) is 12.5 Å². The van der Waals surface area contributed by atoms with Crippen LogP contribution in [-0.4, -0.2) is 36.4 Å². The second-order valence-electron chi connectivity index (χ2n) is 6.10. The minimum atomic E-state index is -0.805. The summed E-state index contributed by atoms with van der Waals surface area (Å²) in [4.78, 5) is 11.1. The molecule has 4 heteroatoms. The van der Waals surface area contributed by atoms with Crippen molar-refractivity contribution in [3.63, 3.8) is 0 Å². The van der Waals surface area contributed by atoms with Crippen LogP contribution in [0.2, 0.25) is 0 Å². The Hall–Kier alpha value is -0.610. The van der Waals surface area contributed by atoms with E-state index in [9.17, 15) is 4.79 Å². The number of nitrogens with one attached hydrogen (secondary N) is 1. The maximum atomic E-state index is 11.1. The first-order valence-corrected chi connectivity index (χ1v) is 7.52. The van der Waals surface area contributed by atoms with Crippen LogP contribution in [0.4, 0.5) is 0 Å². The smallest absolute Gasteiger partial charge is 0.323 e. The number of carbonyl (C=O) groups is 1. The number of hydrogen-bond donors (Lipinski definition) is 2. The van der Waals surface area contributed by atoms with Gasteiger partial charge in [-0.05, 0) is 64.8 Å². The highest BCUT2D eigenvalue weighted by molar-refractivity contribution is 5.78. The Labute approximate surface area is 116 Å². The summed E-state index contributed by atoms with van der Waals surface area (Å²) in [5, 5.41) is 12.0. The average molecular weight is 271 g/mol. The van der Waals surface area contributed by atoms with Crippen LogP contribution in [0.5, 0.6) is 0 Å². The first-order chi connectivity index (χ1) is 8.98. The third-order valence-electron chi connectivity index (χ3n) is 4.41. The Balaban J connectivity index is 2.09. The van der Waals surface area contributed by atoms with E-state index in [1.54, 1.807) is 14.0 Å². The van der Waals surface area contributed by atoms with Gasteiger partial charge in [0.05, 0.1) is 6.10 Å². The molecular formula is C15H29NO3. The van der Waals surface area contributed by atoms with Crippen molar-refractivity contribution in [1.82, 2.24) is 5.32 Å². The lowest BCUT2D eigenvalue weighted by atomic mass is 9.89. The number of carboxylic acids is 1. The average Bonchev–Trinajstić information content (AvgIpc) is 2.40. The molecule has 0 amide bonds. The Kier molecular flexibility index (Phi) is 6.80. The van der Waals surface area contributed by atoms with Gasteiger partial charge >= 0.3 is 5.97 Å². The Bertz CT molecular complexity index is 275. The van der Waals surface area contributed by atoms with Gasteiger partial charge in [-0.2, -0.15) is 0 Å². The summed E-state index contributed by atoms with van der Waals surface area (Å²) < 4.78 is 5.87. The molecule has 0 radical (unpaired) electrons. The van der Waals surface area contributed by atoms with Gasteiger partial charge in [0, 0.05) is 6.61 Å². The van der Waals surface area contributed by atoms with E-state index in [0.717, 1.165) is 25.4 Å². The van der Waals surface area contributed by atoms with Gasteiger partial charge in [-0.15, -0.1) is 0 Å². The zero-order chi connectivity index (χ0) is 14.3. The van der Waals surface area contributed by atoms with E-state index in [4.69, 9.17) is 9.84 Å². The molecule has 19 heavy (non-hydrogen) atoms. The van der Waals surface area contributed by atoms with Crippen LogP contribution in [0.25, 0.3) is 0 Å². The van der Waals surface area contributed by atoms with Gasteiger partial charge in [-0.3, -0.25) is 4.79 Å². The molecule has 2 N–H and O–H groups in total. The van der Waals surface area contributed by atoms with Crippen LogP contribution in [0, 0.1) is 5.92 Å². The van der Waals surface area contributed by atoms with E-state index >= 15 is 0 Å². The third kappa shape index (κ3) is 5.49. The van der Waals surface area contributed by atoms with Gasteiger partial charge < -0.3 is 15.2 Å². The molecule has 4 nitrogen and oxygen atoms in total. The van der Waals surface area contributed by atoms with Crippen molar-refractivity contribution in [2.24, 2.45) is 5.92 Å². The first-order valence-electron chi connectivity index (χ1n) is 7.52. The molecule has 1 unspecified atom stereocenters. The normalized spacial score (nSPS) is 26.9. The summed E-state index contributed by atoms with van der Waals surface area (Å²) in [7, 11) is 1.70. The SMILES string of the molecule is CNC(C)(CCCCOC1CCC(C)CC1)C(=O)O. The number of ether oxygens (including phenoxy) is 1.